The standard InChI is InChI=1S/C8H17NO/c1-3-10-6-8(2)4-7(8)5-9/h7H,3-6,9H2,1-2H3. The molecule has 0 aromatic carbocycles. The normalized spacial score (nSPS) is 38.1. The van der Waals surface area contributed by atoms with Crippen molar-refractivity contribution in [3.63, 3.8) is 0 Å². The van der Waals surface area contributed by atoms with Crippen LogP contribution >= 0.6 is 0 Å². The number of hydrogen-bond donors (Lipinski definition) is 1. The fraction of sp³-hybridized carbons (Fsp3) is 1.00. The molecule has 0 bridgehead atoms. The first kappa shape index (κ1) is 8.02. The third kappa shape index (κ3) is 1.50. The fourth-order valence-corrected chi connectivity index (χ4v) is 1.38. The summed E-state index contributed by atoms with van der Waals surface area (Å²) in [6.07, 6.45) is 1.25. The van der Waals surface area contributed by atoms with Crippen molar-refractivity contribution in [1.29, 1.82) is 0 Å². The molecule has 2 atom stereocenters. The van der Waals surface area contributed by atoms with Crippen LogP contribution in [0.3, 0.4) is 0 Å². The Morgan fingerprint density at radius 3 is 2.80 bits per heavy atom. The topological polar surface area (TPSA) is 35.2 Å². The molecular formula is C8H17NO. The molecule has 0 heterocycles. The number of rotatable bonds is 4. The van der Waals surface area contributed by atoms with E-state index in [1.54, 1.807) is 0 Å². The minimum atomic E-state index is 0.421. The molecule has 2 nitrogen and oxygen atoms in total. The lowest BCUT2D eigenvalue weighted by atomic mass is 10.1. The van der Waals surface area contributed by atoms with E-state index in [1.165, 1.54) is 6.42 Å². The van der Waals surface area contributed by atoms with Gasteiger partial charge < -0.3 is 10.5 Å². The summed E-state index contributed by atoms with van der Waals surface area (Å²) in [7, 11) is 0. The average Bonchev–Trinajstić information content (AvgIpc) is 2.59. The Hall–Kier alpha value is -0.0800. The van der Waals surface area contributed by atoms with Crippen LogP contribution in [0.5, 0.6) is 0 Å². The van der Waals surface area contributed by atoms with Gasteiger partial charge in [-0.25, -0.2) is 0 Å². The zero-order valence-corrected chi connectivity index (χ0v) is 6.89. The highest BCUT2D eigenvalue weighted by Gasteiger charge is 2.48. The molecule has 0 saturated heterocycles. The van der Waals surface area contributed by atoms with E-state index < -0.39 is 0 Å². The maximum Gasteiger partial charge on any atom is 0.0522 e. The fourth-order valence-electron chi connectivity index (χ4n) is 1.38. The van der Waals surface area contributed by atoms with Gasteiger partial charge in [0.05, 0.1) is 6.61 Å². The van der Waals surface area contributed by atoms with Crippen molar-refractivity contribution in [2.45, 2.75) is 20.3 Å². The van der Waals surface area contributed by atoms with Gasteiger partial charge in [-0.1, -0.05) is 6.92 Å². The van der Waals surface area contributed by atoms with Gasteiger partial charge in [0, 0.05) is 6.61 Å². The number of nitrogens with two attached hydrogens (primary N) is 1. The van der Waals surface area contributed by atoms with Gasteiger partial charge in [-0.05, 0) is 31.2 Å². The first-order valence-corrected chi connectivity index (χ1v) is 4.00. The van der Waals surface area contributed by atoms with Crippen LogP contribution in [0.1, 0.15) is 20.3 Å². The van der Waals surface area contributed by atoms with Gasteiger partial charge in [0.2, 0.25) is 0 Å². The van der Waals surface area contributed by atoms with Crippen LogP contribution < -0.4 is 5.73 Å². The molecule has 1 fully saturated rings. The van der Waals surface area contributed by atoms with Crippen LogP contribution in [0.4, 0.5) is 0 Å². The smallest absolute Gasteiger partial charge is 0.0522 e. The largest absolute Gasteiger partial charge is 0.381 e. The van der Waals surface area contributed by atoms with E-state index in [0.717, 1.165) is 25.7 Å². The van der Waals surface area contributed by atoms with E-state index in [0.29, 0.717) is 5.41 Å². The molecular weight excluding hydrogens is 126 g/mol. The van der Waals surface area contributed by atoms with E-state index in [4.69, 9.17) is 10.5 Å². The highest BCUT2D eigenvalue weighted by Crippen LogP contribution is 2.51. The van der Waals surface area contributed by atoms with E-state index in [9.17, 15) is 0 Å². The van der Waals surface area contributed by atoms with Crippen molar-refractivity contribution < 1.29 is 4.74 Å². The van der Waals surface area contributed by atoms with Gasteiger partial charge in [-0.3, -0.25) is 0 Å². The van der Waals surface area contributed by atoms with E-state index in [1.807, 2.05) is 6.92 Å². The van der Waals surface area contributed by atoms with E-state index in [2.05, 4.69) is 6.92 Å². The third-order valence-corrected chi connectivity index (χ3v) is 2.46. The lowest BCUT2D eigenvalue weighted by Crippen LogP contribution is -2.13. The Kier molecular flexibility index (Phi) is 2.32. The van der Waals surface area contributed by atoms with Crippen LogP contribution in [0.15, 0.2) is 0 Å². The summed E-state index contributed by atoms with van der Waals surface area (Å²) < 4.78 is 5.34. The molecule has 60 valence electrons. The monoisotopic (exact) mass is 143 g/mol. The molecule has 1 aliphatic carbocycles. The van der Waals surface area contributed by atoms with Crippen LogP contribution in [-0.4, -0.2) is 19.8 Å². The molecule has 2 N–H and O–H groups in total. The minimum absolute atomic E-state index is 0.421. The molecule has 0 spiro atoms. The Morgan fingerprint density at radius 1 is 1.70 bits per heavy atom. The quantitative estimate of drug-likeness (QED) is 0.637. The van der Waals surface area contributed by atoms with Gasteiger partial charge in [0.1, 0.15) is 0 Å². The molecule has 1 saturated carbocycles. The van der Waals surface area contributed by atoms with Gasteiger partial charge in [0.15, 0.2) is 0 Å². The zero-order chi connectivity index (χ0) is 7.61. The number of ether oxygens (including phenoxy) is 1. The maximum atomic E-state index is 5.53. The van der Waals surface area contributed by atoms with Crippen molar-refractivity contribution in [1.82, 2.24) is 0 Å². The van der Waals surface area contributed by atoms with Crippen molar-refractivity contribution in [2.75, 3.05) is 19.8 Å². The maximum absolute atomic E-state index is 5.53. The number of hydrogen-bond acceptors (Lipinski definition) is 2. The second kappa shape index (κ2) is 2.89. The van der Waals surface area contributed by atoms with Crippen molar-refractivity contribution in [3.8, 4) is 0 Å². The molecule has 2 unspecified atom stereocenters. The summed E-state index contributed by atoms with van der Waals surface area (Å²) in [4.78, 5) is 0. The molecule has 0 radical (unpaired) electrons. The van der Waals surface area contributed by atoms with E-state index in [-0.39, 0.29) is 0 Å². The molecule has 1 aliphatic rings. The van der Waals surface area contributed by atoms with Crippen LogP contribution in [0.25, 0.3) is 0 Å². The molecule has 1 rings (SSSR count). The van der Waals surface area contributed by atoms with Gasteiger partial charge in [0.25, 0.3) is 0 Å². The first-order valence-electron chi connectivity index (χ1n) is 4.00. The Balaban J connectivity index is 2.16. The second-order valence-corrected chi connectivity index (χ2v) is 3.43. The van der Waals surface area contributed by atoms with Gasteiger partial charge in [-0.2, -0.15) is 0 Å². The predicted octanol–water partition coefficient (Wildman–Crippen LogP) is 1.01. The zero-order valence-electron chi connectivity index (χ0n) is 6.89. The summed E-state index contributed by atoms with van der Waals surface area (Å²) in [5.41, 5.74) is 5.95. The van der Waals surface area contributed by atoms with Crippen molar-refractivity contribution >= 4 is 0 Å². The molecule has 0 amide bonds. The lowest BCUT2D eigenvalue weighted by molar-refractivity contribution is 0.101. The van der Waals surface area contributed by atoms with E-state index >= 15 is 0 Å². The summed E-state index contributed by atoms with van der Waals surface area (Å²) >= 11 is 0. The predicted molar refractivity (Wildman–Crippen MR) is 41.8 cm³/mol. The third-order valence-electron chi connectivity index (χ3n) is 2.46. The van der Waals surface area contributed by atoms with Crippen LogP contribution in [0.2, 0.25) is 0 Å². The highest BCUT2D eigenvalue weighted by molar-refractivity contribution is 4.99. The van der Waals surface area contributed by atoms with Gasteiger partial charge in [-0.15, -0.1) is 0 Å². The Labute approximate surface area is 62.7 Å². The summed E-state index contributed by atoms with van der Waals surface area (Å²) in [6.45, 7) is 6.82. The Morgan fingerprint density at radius 2 is 2.40 bits per heavy atom. The minimum Gasteiger partial charge on any atom is -0.381 e. The average molecular weight is 143 g/mol. The second-order valence-electron chi connectivity index (χ2n) is 3.43. The summed E-state index contributed by atoms with van der Waals surface area (Å²) in [5.74, 6) is 0.721. The molecule has 0 aliphatic heterocycles. The van der Waals surface area contributed by atoms with Gasteiger partial charge >= 0.3 is 0 Å². The molecule has 0 aromatic rings. The SMILES string of the molecule is CCOCC1(C)CC1CN. The van der Waals surface area contributed by atoms with Crippen LogP contribution in [0, 0.1) is 11.3 Å². The molecule has 2 heteroatoms. The van der Waals surface area contributed by atoms with Crippen molar-refractivity contribution in [3.05, 3.63) is 0 Å². The van der Waals surface area contributed by atoms with Crippen LogP contribution in [-0.2, 0) is 4.74 Å². The first-order chi connectivity index (χ1) is 4.73. The molecule has 10 heavy (non-hydrogen) atoms. The van der Waals surface area contributed by atoms with Crippen molar-refractivity contribution in [2.24, 2.45) is 17.1 Å². The highest BCUT2D eigenvalue weighted by atomic mass is 16.5. The summed E-state index contributed by atoms with van der Waals surface area (Å²) in [6, 6.07) is 0. The molecule has 0 aromatic heterocycles. The summed E-state index contributed by atoms with van der Waals surface area (Å²) in [5, 5.41) is 0. The Bertz CT molecular complexity index is 116. The lowest BCUT2D eigenvalue weighted by Gasteiger charge is -2.09.